The highest BCUT2D eigenvalue weighted by Crippen LogP contribution is 2.09. The summed E-state index contributed by atoms with van der Waals surface area (Å²) >= 11 is 0. The number of carbonyl (C=O) groups excluding carboxylic acids is 2. The second-order valence-electron chi connectivity index (χ2n) is 4.01. The first kappa shape index (κ1) is 16.1. The van der Waals surface area contributed by atoms with Crippen LogP contribution in [0.25, 0.3) is 0 Å². The second-order valence-corrected chi connectivity index (χ2v) is 4.01. The van der Waals surface area contributed by atoms with Crippen molar-refractivity contribution < 1.29 is 29.3 Å². The Bertz CT molecular complexity index is 406. The maximum Gasteiger partial charge on any atom is 0.338 e. The van der Waals surface area contributed by atoms with E-state index in [-0.39, 0.29) is 37.6 Å². The van der Waals surface area contributed by atoms with Crippen molar-refractivity contribution in [2.45, 2.75) is 12.8 Å². The van der Waals surface area contributed by atoms with Crippen molar-refractivity contribution in [1.29, 1.82) is 0 Å². The van der Waals surface area contributed by atoms with Gasteiger partial charge < -0.3 is 19.7 Å². The molecule has 0 spiro atoms. The lowest BCUT2D eigenvalue weighted by molar-refractivity contribution is 0.0481. The van der Waals surface area contributed by atoms with Crippen LogP contribution in [0.5, 0.6) is 0 Å². The van der Waals surface area contributed by atoms with Crippen LogP contribution >= 0.6 is 0 Å². The van der Waals surface area contributed by atoms with Gasteiger partial charge in [0.05, 0.1) is 24.3 Å². The summed E-state index contributed by atoms with van der Waals surface area (Å²) < 4.78 is 9.84. The molecule has 20 heavy (non-hydrogen) atoms. The van der Waals surface area contributed by atoms with Gasteiger partial charge in [0.1, 0.15) is 0 Å². The van der Waals surface area contributed by atoms with Crippen molar-refractivity contribution in [3.8, 4) is 0 Å². The van der Waals surface area contributed by atoms with Gasteiger partial charge in [-0.05, 0) is 18.2 Å². The molecule has 0 unspecified atom stereocenters. The molecule has 1 aromatic rings. The molecule has 0 aromatic heterocycles. The van der Waals surface area contributed by atoms with Gasteiger partial charge in [-0.2, -0.15) is 0 Å². The number of carbonyl (C=O) groups is 2. The lowest BCUT2D eigenvalue weighted by Gasteiger charge is -2.06. The highest BCUT2D eigenvalue weighted by molar-refractivity contribution is 5.95. The molecule has 0 amide bonds. The Balaban J connectivity index is 2.60. The van der Waals surface area contributed by atoms with E-state index in [4.69, 9.17) is 19.7 Å². The Hall–Kier alpha value is -1.92. The van der Waals surface area contributed by atoms with Crippen LogP contribution in [-0.2, 0) is 9.47 Å². The van der Waals surface area contributed by atoms with Gasteiger partial charge >= 0.3 is 11.9 Å². The number of aliphatic hydroxyl groups excluding tert-OH is 2. The van der Waals surface area contributed by atoms with Crippen molar-refractivity contribution in [1.82, 2.24) is 0 Å². The molecule has 1 aromatic carbocycles. The molecule has 6 heteroatoms. The number of benzene rings is 1. The number of rotatable bonds is 8. The Morgan fingerprint density at radius 3 is 1.75 bits per heavy atom. The highest BCUT2D eigenvalue weighted by atomic mass is 16.5. The molecule has 0 aliphatic rings. The van der Waals surface area contributed by atoms with Crippen LogP contribution in [0.4, 0.5) is 0 Å². The summed E-state index contributed by atoms with van der Waals surface area (Å²) in [4.78, 5) is 23.3. The van der Waals surface area contributed by atoms with E-state index in [2.05, 4.69) is 0 Å². The van der Waals surface area contributed by atoms with Crippen LogP contribution in [0.1, 0.15) is 33.6 Å². The third-order valence-corrected chi connectivity index (χ3v) is 2.41. The molecular weight excluding hydrogens is 264 g/mol. The van der Waals surface area contributed by atoms with Gasteiger partial charge in [-0.3, -0.25) is 0 Å². The van der Waals surface area contributed by atoms with Gasteiger partial charge in [0.25, 0.3) is 0 Å². The van der Waals surface area contributed by atoms with Crippen LogP contribution in [0.15, 0.2) is 24.3 Å². The fraction of sp³-hybridized carbons (Fsp3) is 0.429. The second kappa shape index (κ2) is 9.06. The summed E-state index contributed by atoms with van der Waals surface area (Å²) in [7, 11) is 0. The molecule has 0 saturated heterocycles. The van der Waals surface area contributed by atoms with E-state index < -0.39 is 11.9 Å². The third kappa shape index (κ3) is 5.38. The average molecular weight is 282 g/mol. The minimum atomic E-state index is -0.552. The van der Waals surface area contributed by atoms with Crippen molar-refractivity contribution in [2.75, 3.05) is 26.4 Å². The van der Waals surface area contributed by atoms with E-state index in [1.54, 1.807) is 6.07 Å². The van der Waals surface area contributed by atoms with Crippen LogP contribution in [0, 0.1) is 0 Å². The Kier molecular flexibility index (Phi) is 7.31. The first-order valence-corrected chi connectivity index (χ1v) is 6.35. The number of aliphatic hydroxyl groups is 2. The molecule has 0 aliphatic heterocycles. The van der Waals surface area contributed by atoms with Gasteiger partial charge in [0.2, 0.25) is 0 Å². The molecule has 0 fully saturated rings. The number of ether oxygens (including phenoxy) is 2. The lowest BCUT2D eigenvalue weighted by Crippen LogP contribution is -2.11. The average Bonchev–Trinajstić information content (AvgIpc) is 2.47. The van der Waals surface area contributed by atoms with Crippen molar-refractivity contribution in [2.24, 2.45) is 0 Å². The fourth-order valence-electron chi connectivity index (χ4n) is 1.40. The third-order valence-electron chi connectivity index (χ3n) is 2.41. The van der Waals surface area contributed by atoms with Crippen LogP contribution < -0.4 is 0 Å². The maximum atomic E-state index is 11.7. The monoisotopic (exact) mass is 282 g/mol. The molecule has 0 atom stereocenters. The van der Waals surface area contributed by atoms with E-state index in [9.17, 15) is 9.59 Å². The van der Waals surface area contributed by atoms with Crippen LogP contribution in [0.2, 0.25) is 0 Å². The summed E-state index contributed by atoms with van der Waals surface area (Å²) in [5, 5.41) is 17.2. The Morgan fingerprint density at radius 2 is 1.35 bits per heavy atom. The molecule has 0 bridgehead atoms. The zero-order valence-electron chi connectivity index (χ0n) is 11.1. The smallest absolute Gasteiger partial charge is 0.338 e. The number of hydrogen-bond acceptors (Lipinski definition) is 6. The molecule has 0 radical (unpaired) electrons. The summed E-state index contributed by atoms with van der Waals surface area (Å²) in [6.45, 7) is 0.149. The topological polar surface area (TPSA) is 93.1 Å². The highest BCUT2D eigenvalue weighted by Gasteiger charge is 2.12. The summed E-state index contributed by atoms with van der Waals surface area (Å²) in [5.41, 5.74) is 0.499. The number of hydrogen-bond donors (Lipinski definition) is 2. The summed E-state index contributed by atoms with van der Waals surface area (Å²) in [5.74, 6) is -1.10. The first-order chi connectivity index (χ1) is 9.69. The van der Waals surface area contributed by atoms with Crippen LogP contribution in [0.3, 0.4) is 0 Å². The zero-order valence-corrected chi connectivity index (χ0v) is 11.1. The molecular formula is C14H18O6. The molecule has 110 valence electrons. The quantitative estimate of drug-likeness (QED) is 0.540. The van der Waals surface area contributed by atoms with E-state index in [1.807, 2.05) is 0 Å². The first-order valence-electron chi connectivity index (χ1n) is 6.35. The minimum Gasteiger partial charge on any atom is -0.462 e. The molecule has 0 heterocycles. The van der Waals surface area contributed by atoms with Crippen LogP contribution in [-0.4, -0.2) is 48.6 Å². The van der Waals surface area contributed by atoms with E-state index in [1.165, 1.54) is 18.2 Å². The molecule has 0 saturated carbocycles. The molecule has 1 rings (SSSR count). The molecule has 6 nitrogen and oxygen atoms in total. The van der Waals surface area contributed by atoms with Gasteiger partial charge in [-0.15, -0.1) is 0 Å². The molecule has 0 aliphatic carbocycles. The van der Waals surface area contributed by atoms with Gasteiger partial charge in [-0.25, -0.2) is 9.59 Å². The molecule has 2 N–H and O–H groups in total. The van der Waals surface area contributed by atoms with Gasteiger partial charge in [-0.1, -0.05) is 6.07 Å². The van der Waals surface area contributed by atoms with E-state index >= 15 is 0 Å². The maximum absolute atomic E-state index is 11.7. The standard InChI is InChI=1S/C14H18O6/c15-6-2-8-19-13(17)11-4-1-5-12(10-11)14(18)20-9-3-7-16/h1,4-5,10,15-16H,2-3,6-9H2. The van der Waals surface area contributed by atoms with Crippen molar-refractivity contribution >= 4 is 11.9 Å². The van der Waals surface area contributed by atoms with E-state index in [0.717, 1.165) is 0 Å². The van der Waals surface area contributed by atoms with E-state index in [0.29, 0.717) is 12.8 Å². The Labute approximate surface area is 116 Å². The predicted octanol–water partition coefficient (Wildman–Crippen LogP) is 0.765. The normalized spacial score (nSPS) is 10.1. The minimum absolute atomic E-state index is 0.0511. The summed E-state index contributed by atoms with van der Waals surface area (Å²) in [6, 6.07) is 6.02. The zero-order chi connectivity index (χ0) is 14.8. The van der Waals surface area contributed by atoms with Crippen molar-refractivity contribution in [3.05, 3.63) is 35.4 Å². The Morgan fingerprint density at radius 1 is 0.900 bits per heavy atom. The van der Waals surface area contributed by atoms with Gasteiger partial charge in [0.15, 0.2) is 0 Å². The number of esters is 2. The largest absolute Gasteiger partial charge is 0.462 e. The van der Waals surface area contributed by atoms with Crippen molar-refractivity contribution in [3.63, 3.8) is 0 Å². The predicted molar refractivity (Wildman–Crippen MR) is 70.4 cm³/mol. The SMILES string of the molecule is O=C(OCCCO)c1cccc(C(=O)OCCCO)c1. The van der Waals surface area contributed by atoms with Gasteiger partial charge in [0, 0.05) is 26.1 Å². The fourth-order valence-corrected chi connectivity index (χ4v) is 1.40. The lowest BCUT2D eigenvalue weighted by atomic mass is 10.1. The summed E-state index contributed by atoms with van der Waals surface area (Å²) in [6.07, 6.45) is 0.739.